The Hall–Kier alpha value is -2.21. The molecule has 0 fully saturated rings. The smallest absolute Gasteiger partial charge is 0.258 e. The van der Waals surface area contributed by atoms with E-state index in [1.54, 1.807) is 12.3 Å². The summed E-state index contributed by atoms with van der Waals surface area (Å²) in [6.45, 7) is 3.25. The highest BCUT2D eigenvalue weighted by atomic mass is 32.1. The van der Waals surface area contributed by atoms with Crippen LogP contribution in [-0.4, -0.2) is 15.9 Å². The molecule has 4 rings (SSSR count). The van der Waals surface area contributed by atoms with Crippen LogP contribution in [0.25, 0.3) is 4.96 Å². The first-order chi connectivity index (χ1) is 11.1. The minimum absolute atomic E-state index is 0.0896. The first-order valence-electron chi connectivity index (χ1n) is 7.62. The molecule has 0 saturated carbocycles. The molecule has 1 aliphatic rings. The van der Waals surface area contributed by atoms with Gasteiger partial charge in [0.1, 0.15) is 5.82 Å². The van der Waals surface area contributed by atoms with Crippen LogP contribution in [0, 0.1) is 12.7 Å². The number of benzene rings is 1. The topological polar surface area (TPSA) is 37.6 Å². The molecule has 0 aliphatic carbocycles. The van der Waals surface area contributed by atoms with Gasteiger partial charge in [0, 0.05) is 24.2 Å². The molecule has 0 amide bonds. The quantitative estimate of drug-likeness (QED) is 0.725. The van der Waals surface area contributed by atoms with Crippen molar-refractivity contribution in [2.24, 2.45) is 0 Å². The van der Waals surface area contributed by atoms with Crippen LogP contribution >= 0.6 is 11.3 Å². The monoisotopic (exact) mass is 329 g/mol. The molecule has 0 bridgehead atoms. The molecular weight excluding hydrogens is 313 g/mol. The standard InChI is InChI=1S/C17H16FN3OS/c1-11-4-5-14(18)16-13(11)3-2-6-20(16)10-12-9-15(22)21-7-8-23-17(21)19-12/h4-5,7-9H,2-3,6,10H2,1H3. The zero-order valence-corrected chi connectivity index (χ0v) is 13.6. The third kappa shape index (κ3) is 2.43. The van der Waals surface area contributed by atoms with Crippen LogP contribution in [0.5, 0.6) is 0 Å². The van der Waals surface area contributed by atoms with E-state index in [2.05, 4.69) is 4.98 Å². The van der Waals surface area contributed by atoms with Crippen molar-refractivity contribution in [3.63, 3.8) is 0 Å². The zero-order valence-electron chi connectivity index (χ0n) is 12.8. The van der Waals surface area contributed by atoms with Gasteiger partial charge in [-0.25, -0.2) is 9.37 Å². The van der Waals surface area contributed by atoms with Gasteiger partial charge in [-0.15, -0.1) is 11.3 Å². The predicted octanol–water partition coefficient (Wildman–Crippen LogP) is 3.16. The summed E-state index contributed by atoms with van der Waals surface area (Å²) in [5.41, 5.74) is 3.46. The lowest BCUT2D eigenvalue weighted by molar-refractivity contribution is 0.592. The Morgan fingerprint density at radius 3 is 3.13 bits per heavy atom. The van der Waals surface area contributed by atoms with E-state index in [9.17, 15) is 9.18 Å². The van der Waals surface area contributed by atoms with Crippen molar-refractivity contribution in [2.75, 3.05) is 11.4 Å². The summed E-state index contributed by atoms with van der Waals surface area (Å²) in [5, 5.41) is 1.84. The third-order valence-corrected chi connectivity index (χ3v) is 5.10. The van der Waals surface area contributed by atoms with Gasteiger partial charge in [0.25, 0.3) is 5.56 Å². The fourth-order valence-corrected chi connectivity index (χ4v) is 3.99. The van der Waals surface area contributed by atoms with E-state index in [0.29, 0.717) is 22.9 Å². The van der Waals surface area contributed by atoms with Crippen LogP contribution in [0.4, 0.5) is 10.1 Å². The number of hydrogen-bond acceptors (Lipinski definition) is 4. The molecule has 3 heterocycles. The number of anilines is 1. The van der Waals surface area contributed by atoms with Crippen LogP contribution in [0.15, 0.2) is 34.6 Å². The number of aryl methyl sites for hydroxylation is 1. The molecule has 6 heteroatoms. The number of rotatable bonds is 2. The van der Waals surface area contributed by atoms with Crippen molar-refractivity contribution in [1.29, 1.82) is 0 Å². The lowest BCUT2D eigenvalue weighted by Gasteiger charge is -2.32. The summed E-state index contributed by atoms with van der Waals surface area (Å²) in [6, 6.07) is 4.90. The molecule has 118 valence electrons. The SMILES string of the molecule is Cc1ccc(F)c2c1CCCN2Cc1cc(=O)n2ccsc2n1. The van der Waals surface area contributed by atoms with E-state index in [-0.39, 0.29) is 11.4 Å². The maximum Gasteiger partial charge on any atom is 0.258 e. The number of halogens is 1. The Labute approximate surface area is 136 Å². The number of aromatic nitrogens is 2. The minimum atomic E-state index is -0.195. The van der Waals surface area contributed by atoms with Crippen LogP contribution < -0.4 is 10.5 Å². The summed E-state index contributed by atoms with van der Waals surface area (Å²) >= 11 is 1.43. The van der Waals surface area contributed by atoms with Crippen LogP contribution in [0.2, 0.25) is 0 Å². The summed E-state index contributed by atoms with van der Waals surface area (Å²) in [4.78, 5) is 19.3. The summed E-state index contributed by atoms with van der Waals surface area (Å²) in [7, 11) is 0. The first kappa shape index (κ1) is 14.4. The number of thiazole rings is 1. The normalized spacial score (nSPS) is 14.3. The number of hydrogen-bond donors (Lipinski definition) is 0. The molecule has 2 aromatic heterocycles. The average Bonchev–Trinajstić information content (AvgIpc) is 3.00. The van der Waals surface area contributed by atoms with E-state index in [0.717, 1.165) is 30.5 Å². The maximum absolute atomic E-state index is 14.4. The fraction of sp³-hybridized carbons (Fsp3) is 0.294. The lowest BCUT2D eigenvalue weighted by atomic mass is 9.96. The Balaban J connectivity index is 1.75. The number of nitrogens with zero attached hydrogens (tertiary/aromatic N) is 3. The van der Waals surface area contributed by atoms with Crippen molar-refractivity contribution in [1.82, 2.24) is 9.38 Å². The van der Waals surface area contributed by atoms with Gasteiger partial charge in [-0.2, -0.15) is 0 Å². The van der Waals surface area contributed by atoms with Gasteiger partial charge < -0.3 is 4.90 Å². The molecule has 0 unspecified atom stereocenters. The predicted molar refractivity (Wildman–Crippen MR) is 89.8 cm³/mol. The second-order valence-electron chi connectivity index (χ2n) is 5.86. The van der Waals surface area contributed by atoms with E-state index in [4.69, 9.17) is 0 Å². The molecule has 1 aliphatic heterocycles. The summed E-state index contributed by atoms with van der Waals surface area (Å²) < 4.78 is 15.9. The van der Waals surface area contributed by atoms with Crippen molar-refractivity contribution in [2.45, 2.75) is 26.3 Å². The fourth-order valence-electron chi connectivity index (χ4n) is 3.25. The highest BCUT2D eigenvalue weighted by molar-refractivity contribution is 7.15. The van der Waals surface area contributed by atoms with Crippen LogP contribution in [-0.2, 0) is 13.0 Å². The molecule has 0 radical (unpaired) electrons. The van der Waals surface area contributed by atoms with Gasteiger partial charge in [-0.05, 0) is 37.0 Å². The Kier molecular flexibility index (Phi) is 3.41. The second-order valence-corrected chi connectivity index (χ2v) is 6.73. The molecular formula is C17H16FN3OS. The molecule has 0 atom stereocenters. The third-order valence-electron chi connectivity index (χ3n) is 4.35. The van der Waals surface area contributed by atoms with E-state index in [1.165, 1.54) is 21.8 Å². The van der Waals surface area contributed by atoms with Gasteiger partial charge in [-0.3, -0.25) is 9.20 Å². The molecule has 0 spiro atoms. The maximum atomic E-state index is 14.4. The highest BCUT2D eigenvalue weighted by Crippen LogP contribution is 2.33. The molecule has 0 N–H and O–H groups in total. The molecule has 23 heavy (non-hydrogen) atoms. The molecule has 4 nitrogen and oxygen atoms in total. The number of fused-ring (bicyclic) bond motifs is 2. The van der Waals surface area contributed by atoms with Gasteiger partial charge in [0.15, 0.2) is 4.96 Å². The zero-order chi connectivity index (χ0) is 16.0. The van der Waals surface area contributed by atoms with Gasteiger partial charge in [0.05, 0.1) is 17.9 Å². The Morgan fingerprint density at radius 2 is 2.26 bits per heavy atom. The van der Waals surface area contributed by atoms with Crippen molar-refractivity contribution >= 4 is 22.0 Å². The second kappa shape index (κ2) is 5.45. The minimum Gasteiger partial charge on any atom is -0.363 e. The van der Waals surface area contributed by atoms with Crippen LogP contribution in [0.1, 0.15) is 23.2 Å². The summed E-state index contributed by atoms with van der Waals surface area (Å²) in [5.74, 6) is -0.195. The van der Waals surface area contributed by atoms with E-state index in [1.807, 2.05) is 23.3 Å². The van der Waals surface area contributed by atoms with E-state index >= 15 is 0 Å². The Bertz CT molecular complexity index is 947. The average molecular weight is 329 g/mol. The molecule has 3 aromatic rings. The van der Waals surface area contributed by atoms with Crippen LogP contribution in [0.3, 0.4) is 0 Å². The van der Waals surface area contributed by atoms with Crippen molar-refractivity contribution in [3.8, 4) is 0 Å². The molecule has 1 aromatic carbocycles. The van der Waals surface area contributed by atoms with Gasteiger partial charge >= 0.3 is 0 Å². The highest BCUT2D eigenvalue weighted by Gasteiger charge is 2.23. The van der Waals surface area contributed by atoms with E-state index < -0.39 is 0 Å². The molecule has 0 saturated heterocycles. The first-order valence-corrected chi connectivity index (χ1v) is 8.50. The van der Waals surface area contributed by atoms with Gasteiger partial charge in [0.2, 0.25) is 0 Å². The Morgan fingerprint density at radius 1 is 1.39 bits per heavy atom. The van der Waals surface area contributed by atoms with Gasteiger partial charge in [-0.1, -0.05) is 6.07 Å². The van der Waals surface area contributed by atoms with Crippen molar-refractivity contribution in [3.05, 3.63) is 62.8 Å². The largest absolute Gasteiger partial charge is 0.363 e. The summed E-state index contributed by atoms with van der Waals surface area (Å²) in [6.07, 6.45) is 3.60. The van der Waals surface area contributed by atoms with Crippen molar-refractivity contribution < 1.29 is 4.39 Å². The lowest BCUT2D eigenvalue weighted by Crippen LogP contribution is -2.31.